The third-order valence-electron chi connectivity index (χ3n) is 3.56. The lowest BCUT2D eigenvalue weighted by Gasteiger charge is -2.29. The van der Waals surface area contributed by atoms with Crippen LogP contribution in [-0.4, -0.2) is 41.3 Å². The van der Waals surface area contributed by atoms with Gasteiger partial charge in [-0.3, -0.25) is 0 Å². The lowest BCUT2D eigenvalue weighted by Crippen LogP contribution is -2.54. The predicted molar refractivity (Wildman–Crippen MR) is 116 cm³/mol. The molecule has 160 valence electrons. The van der Waals surface area contributed by atoms with E-state index >= 15 is 0 Å². The van der Waals surface area contributed by atoms with Gasteiger partial charge < -0.3 is 25.1 Å². The second-order valence-corrected chi connectivity index (χ2v) is 9.13. The van der Waals surface area contributed by atoms with Crippen molar-refractivity contribution in [2.45, 2.75) is 59.2 Å². The molecule has 2 aromatic rings. The van der Waals surface area contributed by atoms with Crippen LogP contribution in [0.25, 0.3) is 10.8 Å². The summed E-state index contributed by atoms with van der Waals surface area (Å²) in [6.07, 6.45) is 1.17. The molecule has 8 nitrogen and oxygen atoms in total. The fraction of sp³-hybridized carbons (Fsp3) is 0.550. The number of carbonyl (C=O) groups excluding carboxylic acids is 1. The van der Waals surface area contributed by atoms with Gasteiger partial charge in [-0.05, 0) is 53.0 Å². The fourth-order valence-corrected chi connectivity index (χ4v) is 2.98. The monoisotopic (exact) mass is 421 g/mol. The molecule has 0 aliphatic heterocycles. The number of hydrogen-bond acceptors (Lipinski definition) is 6. The van der Waals surface area contributed by atoms with Crippen LogP contribution in [0.5, 0.6) is 0 Å². The Kier molecular flexibility index (Phi) is 7.66. The van der Waals surface area contributed by atoms with Gasteiger partial charge in [0, 0.05) is 13.1 Å². The Morgan fingerprint density at radius 3 is 2.66 bits per heavy atom. The highest BCUT2D eigenvalue weighted by Crippen LogP contribution is 2.23. The molecule has 0 aliphatic rings. The second kappa shape index (κ2) is 9.78. The van der Waals surface area contributed by atoms with Gasteiger partial charge in [0.05, 0.1) is 17.0 Å². The van der Waals surface area contributed by atoms with E-state index in [1.165, 1.54) is 0 Å². The molecule has 9 heteroatoms. The van der Waals surface area contributed by atoms with Crippen molar-refractivity contribution in [3.05, 3.63) is 29.5 Å². The van der Waals surface area contributed by atoms with E-state index in [0.29, 0.717) is 31.5 Å². The van der Waals surface area contributed by atoms with E-state index < -0.39 is 17.2 Å². The zero-order chi connectivity index (χ0) is 21.5. The van der Waals surface area contributed by atoms with Crippen LogP contribution >= 0.6 is 11.3 Å². The fourth-order valence-electron chi connectivity index (χ4n) is 2.32. The van der Waals surface area contributed by atoms with Crippen molar-refractivity contribution >= 4 is 23.4 Å². The van der Waals surface area contributed by atoms with E-state index in [1.54, 1.807) is 17.6 Å². The van der Waals surface area contributed by atoms with Gasteiger partial charge >= 0.3 is 6.09 Å². The topological polar surface area (TPSA) is 101 Å². The van der Waals surface area contributed by atoms with Crippen molar-refractivity contribution in [3.63, 3.8) is 0 Å². The van der Waals surface area contributed by atoms with E-state index in [9.17, 15) is 4.79 Å². The molecule has 0 spiro atoms. The van der Waals surface area contributed by atoms with Crippen LogP contribution in [0.1, 0.15) is 47.2 Å². The largest absolute Gasteiger partial charge is 0.444 e. The molecule has 0 saturated heterocycles. The number of alkyl carbamates (subject to hydrolysis) is 1. The number of rotatable bonds is 7. The number of nitrogens with one attached hydrogen (secondary N) is 3. The molecule has 0 atom stereocenters. The zero-order valence-corrected chi connectivity index (χ0v) is 18.8. The summed E-state index contributed by atoms with van der Waals surface area (Å²) in [6, 6.07) is 3.93. The average molecular weight is 422 g/mol. The minimum absolute atomic E-state index is 0.379. The summed E-state index contributed by atoms with van der Waals surface area (Å²) in [6.45, 7) is 12.9. The quantitative estimate of drug-likeness (QED) is 0.465. The van der Waals surface area contributed by atoms with Gasteiger partial charge in [-0.25, -0.2) is 14.8 Å². The van der Waals surface area contributed by atoms with Crippen LogP contribution in [0.15, 0.2) is 33.2 Å². The summed E-state index contributed by atoms with van der Waals surface area (Å²) in [5, 5.41) is 11.3. The minimum Gasteiger partial charge on any atom is -0.444 e. The summed E-state index contributed by atoms with van der Waals surface area (Å²) in [7, 11) is 0. The molecule has 0 bridgehead atoms. The van der Waals surface area contributed by atoms with Gasteiger partial charge in [0.1, 0.15) is 17.6 Å². The summed E-state index contributed by atoms with van der Waals surface area (Å²) in [5.74, 6) is 1.23. The molecule has 2 heterocycles. The molecule has 29 heavy (non-hydrogen) atoms. The van der Waals surface area contributed by atoms with Crippen molar-refractivity contribution in [2.75, 3.05) is 13.1 Å². The summed E-state index contributed by atoms with van der Waals surface area (Å²) in [4.78, 5) is 22.0. The third kappa shape index (κ3) is 8.15. The number of carbonyl (C=O) groups is 1. The number of guanidine groups is 1. The lowest BCUT2D eigenvalue weighted by atomic mass is 10.1. The first-order chi connectivity index (χ1) is 13.6. The Hall–Kier alpha value is -2.55. The van der Waals surface area contributed by atoms with E-state index in [0.717, 1.165) is 10.6 Å². The molecule has 0 radical (unpaired) electrons. The van der Waals surface area contributed by atoms with E-state index in [1.807, 2.05) is 59.1 Å². The molecular formula is C20H31N5O3S. The van der Waals surface area contributed by atoms with Gasteiger partial charge in [0.25, 0.3) is 0 Å². The number of aromatic nitrogens is 1. The molecule has 0 aromatic carbocycles. The highest BCUT2D eigenvalue weighted by atomic mass is 32.1. The number of oxazole rings is 1. The Bertz CT molecular complexity index is 806. The molecule has 0 aliphatic carbocycles. The highest BCUT2D eigenvalue weighted by Gasteiger charge is 2.24. The van der Waals surface area contributed by atoms with Crippen LogP contribution in [-0.2, 0) is 11.3 Å². The van der Waals surface area contributed by atoms with Crippen molar-refractivity contribution < 1.29 is 13.9 Å². The second-order valence-electron chi connectivity index (χ2n) is 8.18. The maximum absolute atomic E-state index is 12.0. The van der Waals surface area contributed by atoms with Crippen LogP contribution in [0, 0.1) is 0 Å². The van der Waals surface area contributed by atoms with E-state index in [2.05, 4.69) is 25.9 Å². The van der Waals surface area contributed by atoms with Crippen LogP contribution in [0.2, 0.25) is 0 Å². The smallest absolute Gasteiger partial charge is 0.408 e. The Labute approximate surface area is 176 Å². The van der Waals surface area contributed by atoms with Gasteiger partial charge in [-0.1, -0.05) is 6.07 Å². The Morgan fingerprint density at radius 2 is 2.03 bits per heavy atom. The van der Waals surface area contributed by atoms with Crippen molar-refractivity contribution in [1.29, 1.82) is 0 Å². The molecule has 0 saturated carbocycles. The molecule has 2 rings (SSSR count). The summed E-state index contributed by atoms with van der Waals surface area (Å²) in [5.41, 5.74) is -0.320. The maximum Gasteiger partial charge on any atom is 0.408 e. The SMILES string of the molecule is CCNC(=NCc1coc(-c2cccs2)n1)NCC(C)(C)NC(=O)OC(C)(C)C. The molecule has 1 amide bonds. The minimum atomic E-state index is -0.538. The molecular weight excluding hydrogens is 390 g/mol. The number of ether oxygens (including phenoxy) is 1. The summed E-state index contributed by atoms with van der Waals surface area (Å²) < 4.78 is 10.9. The van der Waals surface area contributed by atoms with Gasteiger partial charge in [-0.15, -0.1) is 11.3 Å². The Balaban J connectivity index is 1.92. The van der Waals surface area contributed by atoms with Crippen LogP contribution in [0.4, 0.5) is 4.79 Å². The number of thiophene rings is 1. The van der Waals surface area contributed by atoms with Crippen molar-refractivity contribution in [1.82, 2.24) is 20.9 Å². The zero-order valence-electron chi connectivity index (χ0n) is 18.0. The standard InChI is InChI=1S/C20H31N5O3S/c1-7-21-17(23-13-20(5,6)25-18(26)28-19(2,3)4)22-11-14-12-27-16(24-14)15-9-8-10-29-15/h8-10,12H,7,11,13H2,1-6H3,(H,25,26)(H2,21,22,23). The summed E-state index contributed by atoms with van der Waals surface area (Å²) >= 11 is 1.58. The Morgan fingerprint density at radius 1 is 1.28 bits per heavy atom. The van der Waals surface area contributed by atoms with E-state index in [-0.39, 0.29) is 0 Å². The first kappa shape index (κ1) is 22.7. The van der Waals surface area contributed by atoms with Crippen LogP contribution in [0.3, 0.4) is 0 Å². The maximum atomic E-state index is 12.0. The first-order valence-electron chi connectivity index (χ1n) is 9.59. The lowest BCUT2D eigenvalue weighted by molar-refractivity contribution is 0.0474. The van der Waals surface area contributed by atoms with E-state index in [4.69, 9.17) is 9.15 Å². The van der Waals surface area contributed by atoms with Gasteiger partial charge in [-0.2, -0.15) is 0 Å². The highest BCUT2D eigenvalue weighted by molar-refractivity contribution is 7.13. The van der Waals surface area contributed by atoms with Crippen molar-refractivity contribution in [2.24, 2.45) is 4.99 Å². The van der Waals surface area contributed by atoms with Gasteiger partial charge in [0.2, 0.25) is 5.89 Å². The third-order valence-corrected chi connectivity index (χ3v) is 4.42. The molecule has 0 fully saturated rings. The molecule has 0 unspecified atom stereocenters. The first-order valence-corrected chi connectivity index (χ1v) is 10.5. The average Bonchev–Trinajstić information content (AvgIpc) is 3.26. The predicted octanol–water partition coefficient (Wildman–Crippen LogP) is 3.76. The van der Waals surface area contributed by atoms with Crippen molar-refractivity contribution in [3.8, 4) is 10.8 Å². The van der Waals surface area contributed by atoms with Gasteiger partial charge in [0.15, 0.2) is 5.96 Å². The number of aliphatic imine (C=N–C) groups is 1. The number of amides is 1. The normalized spacial score (nSPS) is 12.6. The molecule has 2 aromatic heterocycles. The number of nitrogens with zero attached hydrogens (tertiary/aromatic N) is 2. The number of hydrogen-bond donors (Lipinski definition) is 3. The van der Waals surface area contributed by atoms with Crippen LogP contribution < -0.4 is 16.0 Å². The molecule has 3 N–H and O–H groups in total.